The summed E-state index contributed by atoms with van der Waals surface area (Å²) in [5.74, 6) is 2.01. The van der Waals surface area contributed by atoms with Crippen LogP contribution in [0.2, 0.25) is 0 Å². The lowest BCUT2D eigenvalue weighted by Crippen LogP contribution is -2.29. The zero-order valence-corrected chi connectivity index (χ0v) is 19.3. The fraction of sp³-hybridized carbons (Fsp3) is 0.304. The number of nitrogens with one attached hydrogen (secondary N) is 2. The first kappa shape index (κ1) is 21.9. The maximum Gasteiger partial charge on any atom is 0.328 e. The molecule has 0 amide bonds. The molecule has 0 aliphatic heterocycles. The van der Waals surface area contributed by atoms with Crippen molar-refractivity contribution in [2.24, 2.45) is 0 Å². The Morgan fingerprint density at radius 2 is 1.94 bits per heavy atom. The highest BCUT2D eigenvalue weighted by Gasteiger charge is 2.14. The largest absolute Gasteiger partial charge is 0.424 e. The molecule has 0 saturated heterocycles. The van der Waals surface area contributed by atoms with Gasteiger partial charge in [-0.05, 0) is 30.7 Å². The van der Waals surface area contributed by atoms with Gasteiger partial charge in [0.25, 0.3) is 0 Å². The third-order valence-electron chi connectivity index (χ3n) is 5.09. The van der Waals surface area contributed by atoms with Crippen molar-refractivity contribution in [1.29, 1.82) is 0 Å². The minimum absolute atomic E-state index is 0.255. The van der Waals surface area contributed by atoms with E-state index in [9.17, 15) is 0 Å². The van der Waals surface area contributed by atoms with Gasteiger partial charge in [-0.15, -0.1) is 11.3 Å². The molecule has 2 heterocycles. The lowest BCUT2D eigenvalue weighted by molar-refractivity contribution is 0.440. The van der Waals surface area contributed by atoms with Gasteiger partial charge in [-0.1, -0.05) is 37.3 Å². The van der Waals surface area contributed by atoms with E-state index in [4.69, 9.17) is 4.74 Å². The molecular weight excluding hydrogens is 422 g/mol. The van der Waals surface area contributed by atoms with Crippen LogP contribution in [0.15, 0.2) is 54.0 Å². The minimum Gasteiger partial charge on any atom is -0.424 e. The van der Waals surface area contributed by atoms with E-state index in [-0.39, 0.29) is 6.01 Å². The molecule has 4 rings (SSSR count). The molecule has 9 heteroatoms. The lowest BCUT2D eigenvalue weighted by atomic mass is 10.0. The monoisotopic (exact) mass is 449 g/mol. The third kappa shape index (κ3) is 5.49. The molecule has 32 heavy (non-hydrogen) atoms. The van der Waals surface area contributed by atoms with Crippen LogP contribution in [-0.4, -0.2) is 53.7 Å². The van der Waals surface area contributed by atoms with Crippen molar-refractivity contribution in [2.75, 3.05) is 43.9 Å². The summed E-state index contributed by atoms with van der Waals surface area (Å²) < 4.78 is 7.07. The molecule has 1 unspecified atom stereocenters. The fourth-order valence-electron chi connectivity index (χ4n) is 3.17. The van der Waals surface area contributed by atoms with E-state index in [0.717, 1.165) is 23.3 Å². The average Bonchev–Trinajstić information content (AvgIpc) is 3.29. The molecule has 0 bridgehead atoms. The molecular formula is C23H27N7OS. The first-order valence-corrected chi connectivity index (χ1v) is 11.4. The Hall–Kier alpha value is -3.30. The topological polar surface area (TPSA) is 88.1 Å². The van der Waals surface area contributed by atoms with Gasteiger partial charge >= 0.3 is 6.01 Å². The Kier molecular flexibility index (Phi) is 7.08. The number of thiazole rings is 1. The number of aromatic nitrogens is 4. The fourth-order valence-corrected chi connectivity index (χ4v) is 3.87. The van der Waals surface area contributed by atoms with Crippen LogP contribution in [0.3, 0.4) is 0 Å². The summed E-state index contributed by atoms with van der Waals surface area (Å²) in [6.07, 6.45) is 0. The van der Waals surface area contributed by atoms with Crippen LogP contribution in [-0.2, 0) is 0 Å². The van der Waals surface area contributed by atoms with E-state index in [1.165, 1.54) is 5.56 Å². The molecule has 8 nitrogen and oxygen atoms in total. The molecule has 2 aromatic carbocycles. The van der Waals surface area contributed by atoms with Crippen molar-refractivity contribution in [3.05, 3.63) is 59.6 Å². The molecule has 0 aliphatic carbocycles. The van der Waals surface area contributed by atoms with Crippen LogP contribution in [0.1, 0.15) is 18.4 Å². The van der Waals surface area contributed by atoms with Crippen molar-refractivity contribution in [1.82, 2.24) is 25.3 Å². The maximum absolute atomic E-state index is 6.02. The quantitative estimate of drug-likeness (QED) is 0.373. The first-order valence-electron chi connectivity index (χ1n) is 10.5. The van der Waals surface area contributed by atoms with Gasteiger partial charge in [0.2, 0.25) is 11.9 Å². The number of nitrogens with zero attached hydrogens (tertiary/aromatic N) is 5. The Labute approximate surface area is 191 Å². The number of hydrogen-bond acceptors (Lipinski definition) is 9. The summed E-state index contributed by atoms with van der Waals surface area (Å²) in [4.78, 5) is 19.9. The molecule has 0 fully saturated rings. The lowest BCUT2D eigenvalue weighted by Gasteiger charge is -2.19. The molecule has 0 radical (unpaired) electrons. The van der Waals surface area contributed by atoms with Crippen molar-refractivity contribution in [3.8, 4) is 11.8 Å². The van der Waals surface area contributed by atoms with Crippen LogP contribution in [0.5, 0.6) is 11.8 Å². The highest BCUT2D eigenvalue weighted by Crippen LogP contribution is 2.27. The van der Waals surface area contributed by atoms with Crippen LogP contribution >= 0.6 is 11.3 Å². The molecule has 0 spiro atoms. The van der Waals surface area contributed by atoms with Crippen molar-refractivity contribution in [2.45, 2.75) is 12.8 Å². The van der Waals surface area contributed by atoms with Gasteiger partial charge in [0.1, 0.15) is 5.75 Å². The predicted octanol–water partition coefficient (Wildman–Crippen LogP) is 4.14. The van der Waals surface area contributed by atoms with E-state index in [0.29, 0.717) is 30.1 Å². The van der Waals surface area contributed by atoms with Crippen molar-refractivity contribution in [3.63, 3.8) is 0 Å². The molecule has 4 aromatic rings. The standard InChI is InChI=1S/C23H27N7OS/c1-16(17-7-5-4-6-8-17)14-25-21-27-22(30(3)12-11-24-2)29-23(28-21)31-18-9-10-19-20(13-18)32-15-26-19/h4-10,13,15-16,24H,11-12,14H2,1-3H3,(H,25,27,28,29). The Morgan fingerprint density at radius 3 is 2.75 bits per heavy atom. The Morgan fingerprint density at radius 1 is 1.09 bits per heavy atom. The second-order valence-corrected chi connectivity index (χ2v) is 8.43. The van der Waals surface area contributed by atoms with Crippen LogP contribution in [0, 0.1) is 0 Å². The summed E-state index contributed by atoms with van der Waals surface area (Å²) >= 11 is 1.57. The summed E-state index contributed by atoms with van der Waals surface area (Å²) in [5.41, 5.74) is 4.03. The van der Waals surface area contributed by atoms with Crippen LogP contribution in [0.25, 0.3) is 10.2 Å². The smallest absolute Gasteiger partial charge is 0.328 e. The number of benzene rings is 2. The molecule has 0 aliphatic rings. The van der Waals surface area contributed by atoms with Gasteiger partial charge in [0.05, 0.1) is 15.7 Å². The van der Waals surface area contributed by atoms with E-state index in [2.05, 4.69) is 61.8 Å². The second-order valence-electron chi connectivity index (χ2n) is 7.54. The van der Waals surface area contributed by atoms with Gasteiger partial charge in [-0.25, -0.2) is 4.98 Å². The minimum atomic E-state index is 0.255. The van der Waals surface area contributed by atoms with E-state index >= 15 is 0 Å². The van der Waals surface area contributed by atoms with Gasteiger partial charge in [-0.3, -0.25) is 0 Å². The average molecular weight is 450 g/mol. The van der Waals surface area contributed by atoms with E-state index in [1.54, 1.807) is 11.3 Å². The number of likely N-dealkylation sites (N-methyl/N-ethyl adjacent to an activating group) is 2. The number of hydrogen-bond donors (Lipinski definition) is 2. The number of anilines is 2. The maximum atomic E-state index is 6.02. The normalized spacial score (nSPS) is 12.0. The summed E-state index contributed by atoms with van der Waals surface area (Å²) in [6, 6.07) is 16.4. The summed E-state index contributed by atoms with van der Waals surface area (Å²) in [7, 11) is 3.87. The molecule has 1 atom stereocenters. The predicted molar refractivity (Wildman–Crippen MR) is 130 cm³/mol. The first-order chi connectivity index (χ1) is 15.6. The zero-order valence-electron chi connectivity index (χ0n) is 18.4. The van der Waals surface area contributed by atoms with Crippen LogP contribution in [0.4, 0.5) is 11.9 Å². The second kappa shape index (κ2) is 10.3. The van der Waals surface area contributed by atoms with E-state index < -0.39 is 0 Å². The number of rotatable bonds is 10. The van der Waals surface area contributed by atoms with Gasteiger partial charge < -0.3 is 20.3 Å². The molecule has 2 aromatic heterocycles. The highest BCUT2D eigenvalue weighted by molar-refractivity contribution is 7.16. The molecule has 166 valence electrons. The Balaban J connectivity index is 1.55. The van der Waals surface area contributed by atoms with Gasteiger partial charge in [-0.2, -0.15) is 15.0 Å². The number of fused-ring (bicyclic) bond motifs is 1. The molecule has 0 saturated carbocycles. The van der Waals surface area contributed by atoms with Gasteiger partial charge in [0, 0.05) is 32.7 Å². The zero-order chi connectivity index (χ0) is 22.3. The summed E-state index contributed by atoms with van der Waals surface area (Å²) in [5, 5.41) is 6.50. The summed E-state index contributed by atoms with van der Waals surface area (Å²) in [6.45, 7) is 4.44. The Bertz CT molecular complexity index is 1150. The van der Waals surface area contributed by atoms with Gasteiger partial charge in [0.15, 0.2) is 0 Å². The SMILES string of the molecule is CNCCN(C)c1nc(NCC(C)c2ccccc2)nc(Oc2ccc3ncsc3c2)n1. The van der Waals surface area contributed by atoms with Crippen molar-refractivity contribution < 1.29 is 4.74 Å². The van der Waals surface area contributed by atoms with Crippen LogP contribution < -0.4 is 20.3 Å². The molecule has 2 N–H and O–H groups in total. The highest BCUT2D eigenvalue weighted by atomic mass is 32.1. The van der Waals surface area contributed by atoms with E-state index in [1.807, 2.05) is 48.8 Å². The van der Waals surface area contributed by atoms with Crippen molar-refractivity contribution >= 4 is 33.5 Å². The number of ether oxygens (including phenoxy) is 1. The third-order valence-corrected chi connectivity index (χ3v) is 5.88.